The molecular formula is C20H20FN3O5S2. The summed E-state index contributed by atoms with van der Waals surface area (Å²) in [6.07, 6.45) is 1.01. The number of piperidine rings is 1. The Bertz CT molecular complexity index is 1210. The van der Waals surface area contributed by atoms with Gasteiger partial charge in [-0.05, 0) is 25.1 Å². The van der Waals surface area contributed by atoms with E-state index in [0.717, 1.165) is 0 Å². The third kappa shape index (κ3) is 3.80. The highest BCUT2D eigenvalue weighted by Crippen LogP contribution is 2.38. The largest absolute Gasteiger partial charge is 0.347 e. The van der Waals surface area contributed by atoms with E-state index in [1.165, 1.54) is 27.8 Å². The Morgan fingerprint density at radius 1 is 1.16 bits per heavy atom. The Morgan fingerprint density at radius 3 is 2.61 bits per heavy atom. The Balaban J connectivity index is 1.38. The number of rotatable bonds is 4. The average Bonchev–Trinajstić information content (AvgIpc) is 3.48. The first-order valence-electron chi connectivity index (χ1n) is 9.85. The molecule has 0 radical (unpaired) electrons. The van der Waals surface area contributed by atoms with Gasteiger partial charge in [0.15, 0.2) is 5.79 Å². The zero-order chi connectivity index (χ0) is 21.6. The van der Waals surface area contributed by atoms with E-state index >= 15 is 0 Å². The number of aromatic nitrogens is 2. The van der Waals surface area contributed by atoms with Crippen LogP contribution in [0.1, 0.15) is 17.7 Å². The second-order valence-electron chi connectivity index (χ2n) is 7.48. The van der Waals surface area contributed by atoms with E-state index in [9.17, 15) is 12.8 Å². The van der Waals surface area contributed by atoms with Gasteiger partial charge in [0, 0.05) is 36.4 Å². The number of sulfonamides is 1. The van der Waals surface area contributed by atoms with Crippen molar-refractivity contribution in [3.8, 4) is 22.2 Å². The summed E-state index contributed by atoms with van der Waals surface area (Å²) in [6.45, 7) is 3.50. The summed E-state index contributed by atoms with van der Waals surface area (Å²) in [6, 6.07) is 7.44. The summed E-state index contributed by atoms with van der Waals surface area (Å²) >= 11 is 1.26. The number of ether oxygens (including phenoxy) is 2. The third-order valence-corrected chi connectivity index (χ3v) is 8.70. The molecule has 0 aliphatic carbocycles. The number of hydrogen-bond acceptors (Lipinski definition) is 8. The van der Waals surface area contributed by atoms with Crippen LogP contribution in [0.15, 0.2) is 39.8 Å². The number of halogens is 1. The minimum Gasteiger partial charge on any atom is -0.347 e. The summed E-state index contributed by atoms with van der Waals surface area (Å²) in [7, 11) is -3.68. The molecule has 3 aromatic rings. The van der Waals surface area contributed by atoms with E-state index in [1.807, 2.05) is 0 Å². The second kappa shape index (κ2) is 7.75. The van der Waals surface area contributed by atoms with Gasteiger partial charge in [0.05, 0.1) is 23.0 Å². The van der Waals surface area contributed by atoms with Crippen molar-refractivity contribution in [2.75, 3.05) is 26.3 Å². The van der Waals surface area contributed by atoms with Gasteiger partial charge in [-0.25, -0.2) is 12.8 Å². The van der Waals surface area contributed by atoms with E-state index in [-0.39, 0.29) is 16.6 Å². The summed E-state index contributed by atoms with van der Waals surface area (Å²) < 4.78 is 58.2. The van der Waals surface area contributed by atoms with Crippen molar-refractivity contribution in [2.24, 2.45) is 0 Å². The lowest BCUT2D eigenvalue weighted by molar-refractivity contribution is -0.179. The first kappa shape index (κ1) is 20.7. The number of aryl methyl sites for hydroxylation is 1. The molecule has 0 saturated carbocycles. The van der Waals surface area contributed by atoms with Crippen LogP contribution in [-0.4, -0.2) is 55.0 Å². The van der Waals surface area contributed by atoms with Crippen LogP contribution in [-0.2, 0) is 19.5 Å². The molecule has 2 aliphatic rings. The maximum absolute atomic E-state index is 13.5. The molecule has 1 spiro atoms. The van der Waals surface area contributed by atoms with E-state index in [1.54, 1.807) is 25.1 Å². The van der Waals surface area contributed by atoms with Gasteiger partial charge in [-0.3, -0.25) is 0 Å². The van der Waals surface area contributed by atoms with Crippen LogP contribution in [0.4, 0.5) is 4.39 Å². The van der Waals surface area contributed by atoms with E-state index in [4.69, 9.17) is 14.0 Å². The molecule has 2 aliphatic heterocycles. The van der Waals surface area contributed by atoms with Crippen molar-refractivity contribution in [1.82, 2.24) is 14.4 Å². The Morgan fingerprint density at radius 2 is 1.90 bits per heavy atom. The standard InChI is InChI=1S/C20H20FN3O5S2/c1-13-17(31(25,26)24-7-5-20(6-8-24)27-9-10-28-20)12-16(30-13)19-22-18(23-29-19)14-3-2-4-15(21)11-14/h2-4,11-12H,5-10H2,1H3. The number of thiophene rings is 1. The van der Waals surface area contributed by atoms with Crippen molar-refractivity contribution < 1.29 is 26.8 Å². The van der Waals surface area contributed by atoms with Crippen LogP contribution >= 0.6 is 11.3 Å². The summed E-state index contributed by atoms with van der Waals surface area (Å²) in [5, 5.41) is 3.90. The van der Waals surface area contributed by atoms with Gasteiger partial charge in [-0.2, -0.15) is 9.29 Å². The summed E-state index contributed by atoms with van der Waals surface area (Å²) in [4.78, 5) is 5.71. The lowest BCUT2D eigenvalue weighted by atomic mass is 10.1. The van der Waals surface area contributed by atoms with Crippen molar-refractivity contribution in [3.05, 3.63) is 41.0 Å². The average molecular weight is 466 g/mol. The Hall–Kier alpha value is -2.18. The topological polar surface area (TPSA) is 94.8 Å². The van der Waals surface area contributed by atoms with Crippen LogP contribution in [0.5, 0.6) is 0 Å². The van der Waals surface area contributed by atoms with Gasteiger partial charge in [0.1, 0.15) is 5.82 Å². The van der Waals surface area contributed by atoms with E-state index < -0.39 is 21.6 Å². The minimum atomic E-state index is -3.68. The van der Waals surface area contributed by atoms with Crippen molar-refractivity contribution in [1.29, 1.82) is 0 Å². The van der Waals surface area contributed by atoms with Crippen LogP contribution in [0.25, 0.3) is 22.2 Å². The molecule has 0 N–H and O–H groups in total. The number of nitrogens with zero attached hydrogens (tertiary/aromatic N) is 3. The maximum atomic E-state index is 13.5. The molecule has 11 heteroatoms. The molecule has 5 rings (SSSR count). The van der Waals surface area contributed by atoms with Crippen LogP contribution < -0.4 is 0 Å². The highest BCUT2D eigenvalue weighted by molar-refractivity contribution is 7.89. The zero-order valence-electron chi connectivity index (χ0n) is 16.7. The highest BCUT2D eigenvalue weighted by atomic mass is 32.2. The molecule has 0 bridgehead atoms. The molecule has 0 atom stereocenters. The van der Waals surface area contributed by atoms with Gasteiger partial charge in [-0.1, -0.05) is 17.3 Å². The zero-order valence-corrected chi connectivity index (χ0v) is 18.3. The molecule has 4 heterocycles. The third-order valence-electron chi connectivity index (χ3n) is 5.51. The van der Waals surface area contributed by atoms with E-state index in [2.05, 4.69) is 10.1 Å². The maximum Gasteiger partial charge on any atom is 0.268 e. The Kier molecular flexibility index (Phi) is 5.18. The van der Waals surface area contributed by atoms with Gasteiger partial charge in [-0.15, -0.1) is 11.3 Å². The monoisotopic (exact) mass is 465 g/mol. The second-order valence-corrected chi connectivity index (χ2v) is 10.6. The predicted molar refractivity (Wildman–Crippen MR) is 110 cm³/mol. The van der Waals surface area contributed by atoms with Crippen molar-refractivity contribution in [2.45, 2.75) is 30.4 Å². The van der Waals surface area contributed by atoms with Gasteiger partial charge in [0.2, 0.25) is 15.8 Å². The number of benzene rings is 1. The fourth-order valence-electron chi connectivity index (χ4n) is 3.89. The van der Waals surface area contributed by atoms with Crippen LogP contribution in [0.3, 0.4) is 0 Å². The molecule has 2 aromatic heterocycles. The lowest BCUT2D eigenvalue weighted by Gasteiger charge is -2.36. The summed E-state index contributed by atoms with van der Waals surface area (Å²) in [5.41, 5.74) is 0.481. The fraction of sp³-hybridized carbons (Fsp3) is 0.400. The predicted octanol–water partition coefficient (Wildman–Crippen LogP) is 3.44. The van der Waals surface area contributed by atoms with Gasteiger partial charge in [0.25, 0.3) is 5.89 Å². The lowest BCUT2D eigenvalue weighted by Crippen LogP contribution is -2.47. The minimum absolute atomic E-state index is 0.194. The van der Waals surface area contributed by atoms with Crippen molar-refractivity contribution in [3.63, 3.8) is 0 Å². The molecule has 1 aromatic carbocycles. The molecular weight excluding hydrogens is 445 g/mol. The quantitative estimate of drug-likeness (QED) is 0.582. The van der Waals surface area contributed by atoms with Crippen LogP contribution in [0.2, 0.25) is 0 Å². The Labute approximate surface area is 182 Å². The van der Waals surface area contributed by atoms with Gasteiger partial charge < -0.3 is 14.0 Å². The molecule has 31 heavy (non-hydrogen) atoms. The van der Waals surface area contributed by atoms with Crippen LogP contribution in [0, 0.1) is 12.7 Å². The molecule has 0 unspecified atom stereocenters. The molecule has 164 valence electrons. The SMILES string of the molecule is Cc1sc(-c2nc(-c3cccc(F)c3)no2)cc1S(=O)(=O)N1CCC2(CC1)OCCO2. The normalized spacial score (nSPS) is 19.3. The smallest absolute Gasteiger partial charge is 0.268 e. The molecule has 2 fully saturated rings. The first-order chi connectivity index (χ1) is 14.9. The number of hydrogen-bond donors (Lipinski definition) is 0. The molecule has 8 nitrogen and oxygen atoms in total. The van der Waals surface area contributed by atoms with Crippen molar-refractivity contribution >= 4 is 21.4 Å². The molecule has 2 saturated heterocycles. The van der Waals surface area contributed by atoms with Gasteiger partial charge >= 0.3 is 0 Å². The summed E-state index contributed by atoms with van der Waals surface area (Å²) in [5.74, 6) is -0.610. The van der Waals surface area contributed by atoms with E-state index in [0.29, 0.717) is 54.5 Å². The fourth-order valence-corrected chi connectivity index (χ4v) is 6.81. The highest BCUT2D eigenvalue weighted by Gasteiger charge is 2.43. The first-order valence-corrected chi connectivity index (χ1v) is 12.1. The molecule has 0 amide bonds.